The van der Waals surface area contributed by atoms with E-state index in [1.54, 1.807) is 0 Å². The molecule has 1 aliphatic rings. The molecule has 0 spiro atoms. The average Bonchev–Trinajstić information content (AvgIpc) is 2.01. The first kappa shape index (κ1) is 10.9. The maximum Gasteiger partial charge on any atom is 0.0906 e. The van der Waals surface area contributed by atoms with Crippen LogP contribution in [0, 0.1) is 0 Å². The second kappa shape index (κ2) is 4.91. The van der Waals surface area contributed by atoms with Crippen molar-refractivity contribution in [2.24, 2.45) is 0 Å². The van der Waals surface area contributed by atoms with Gasteiger partial charge in [0.15, 0.2) is 0 Å². The summed E-state index contributed by atoms with van der Waals surface area (Å²) in [5.41, 5.74) is 0.371. The third kappa shape index (κ3) is 2.64. The highest BCUT2D eigenvalue weighted by atomic mass is 19.1. The second-order valence-electron chi connectivity index (χ2n) is 4.19. The first-order valence-electron chi connectivity index (χ1n) is 5.15. The molecule has 0 unspecified atom stereocenters. The summed E-state index contributed by atoms with van der Waals surface area (Å²) in [5.74, 6) is 0. The molecule has 2 nitrogen and oxygen atoms in total. The van der Waals surface area contributed by atoms with E-state index in [4.69, 9.17) is 0 Å². The van der Waals surface area contributed by atoms with Crippen LogP contribution in [0.4, 0.5) is 4.39 Å². The molecule has 1 aliphatic carbocycles. The number of hydrogen-bond donors (Lipinski definition) is 1. The summed E-state index contributed by atoms with van der Waals surface area (Å²) in [7, 11) is 4.27. The van der Waals surface area contributed by atoms with Crippen LogP contribution in [-0.4, -0.2) is 44.3 Å². The molecule has 1 rings (SSSR count). The lowest BCUT2D eigenvalue weighted by atomic mass is 9.75. The quantitative estimate of drug-likeness (QED) is 0.634. The van der Waals surface area contributed by atoms with E-state index in [-0.39, 0.29) is 6.67 Å². The van der Waals surface area contributed by atoms with Crippen molar-refractivity contribution in [3.05, 3.63) is 0 Å². The summed E-state index contributed by atoms with van der Waals surface area (Å²) in [4.78, 5) is 2.30. The SMILES string of the molecule is CN(C)C1(CNCCCF)CCC1. The Morgan fingerprint density at radius 2 is 2.08 bits per heavy atom. The van der Waals surface area contributed by atoms with E-state index < -0.39 is 0 Å². The molecule has 0 heterocycles. The van der Waals surface area contributed by atoms with Gasteiger partial charge in [0.25, 0.3) is 0 Å². The maximum atomic E-state index is 11.8. The van der Waals surface area contributed by atoms with Gasteiger partial charge >= 0.3 is 0 Å². The Balaban J connectivity index is 2.17. The maximum absolute atomic E-state index is 11.8. The van der Waals surface area contributed by atoms with Crippen LogP contribution in [0.3, 0.4) is 0 Å². The normalized spacial score (nSPS) is 20.3. The molecule has 0 aromatic heterocycles. The van der Waals surface area contributed by atoms with Crippen molar-refractivity contribution in [2.45, 2.75) is 31.2 Å². The van der Waals surface area contributed by atoms with Crippen molar-refractivity contribution in [2.75, 3.05) is 33.9 Å². The van der Waals surface area contributed by atoms with E-state index in [1.165, 1.54) is 19.3 Å². The van der Waals surface area contributed by atoms with Crippen molar-refractivity contribution >= 4 is 0 Å². The molecular weight excluding hydrogens is 167 g/mol. The largest absolute Gasteiger partial charge is 0.315 e. The van der Waals surface area contributed by atoms with Crippen LogP contribution in [0.2, 0.25) is 0 Å². The van der Waals surface area contributed by atoms with Crippen LogP contribution in [0.15, 0.2) is 0 Å². The fraction of sp³-hybridized carbons (Fsp3) is 1.00. The molecule has 1 N–H and O–H groups in total. The molecule has 0 aromatic rings. The van der Waals surface area contributed by atoms with Crippen LogP contribution >= 0.6 is 0 Å². The summed E-state index contributed by atoms with van der Waals surface area (Å²) in [5, 5.41) is 3.33. The third-order valence-electron chi connectivity index (χ3n) is 3.17. The highest BCUT2D eigenvalue weighted by Gasteiger charge is 2.38. The lowest BCUT2D eigenvalue weighted by molar-refractivity contribution is 0.0601. The molecule has 78 valence electrons. The first-order chi connectivity index (χ1) is 6.21. The Labute approximate surface area is 80.5 Å². The Morgan fingerprint density at radius 1 is 1.38 bits per heavy atom. The Kier molecular flexibility index (Phi) is 4.13. The molecule has 0 aromatic carbocycles. The van der Waals surface area contributed by atoms with Gasteiger partial charge in [0.1, 0.15) is 0 Å². The van der Waals surface area contributed by atoms with Gasteiger partial charge in [0, 0.05) is 12.1 Å². The molecule has 0 aliphatic heterocycles. The zero-order chi connectivity index (χ0) is 9.73. The van der Waals surface area contributed by atoms with Gasteiger partial charge in [-0.1, -0.05) is 0 Å². The van der Waals surface area contributed by atoms with E-state index in [9.17, 15) is 4.39 Å². The number of halogens is 1. The molecule has 1 fully saturated rings. The molecule has 0 atom stereocenters. The fourth-order valence-electron chi connectivity index (χ4n) is 1.88. The Hall–Kier alpha value is -0.150. The number of nitrogens with one attached hydrogen (secondary N) is 1. The zero-order valence-electron chi connectivity index (χ0n) is 8.77. The standard InChI is InChI=1S/C10H21FN2/c1-13(2)10(5-3-6-10)9-12-8-4-7-11/h12H,3-9H2,1-2H3. The number of alkyl halides is 1. The van der Waals surface area contributed by atoms with Gasteiger partial charge < -0.3 is 10.2 Å². The summed E-state index contributed by atoms with van der Waals surface area (Å²) in [6.45, 7) is 1.62. The smallest absolute Gasteiger partial charge is 0.0906 e. The minimum atomic E-state index is -0.206. The Morgan fingerprint density at radius 3 is 2.46 bits per heavy atom. The molecule has 13 heavy (non-hydrogen) atoms. The van der Waals surface area contributed by atoms with Crippen molar-refractivity contribution in [3.63, 3.8) is 0 Å². The molecule has 3 heteroatoms. The first-order valence-corrected chi connectivity index (χ1v) is 5.15. The predicted molar refractivity (Wildman–Crippen MR) is 53.7 cm³/mol. The highest BCUT2D eigenvalue weighted by Crippen LogP contribution is 2.35. The monoisotopic (exact) mass is 188 g/mol. The van der Waals surface area contributed by atoms with Crippen molar-refractivity contribution in [1.29, 1.82) is 0 Å². The van der Waals surface area contributed by atoms with Crippen LogP contribution in [0.1, 0.15) is 25.7 Å². The van der Waals surface area contributed by atoms with Crippen LogP contribution < -0.4 is 5.32 Å². The number of likely N-dealkylation sites (N-methyl/N-ethyl adjacent to an activating group) is 1. The third-order valence-corrected chi connectivity index (χ3v) is 3.17. The molecular formula is C10H21FN2. The second-order valence-corrected chi connectivity index (χ2v) is 4.19. The number of rotatable bonds is 6. The van der Waals surface area contributed by atoms with E-state index in [0.717, 1.165) is 13.1 Å². The van der Waals surface area contributed by atoms with Crippen molar-refractivity contribution in [1.82, 2.24) is 10.2 Å². The number of nitrogens with zero attached hydrogens (tertiary/aromatic N) is 1. The van der Waals surface area contributed by atoms with Gasteiger partial charge in [0.2, 0.25) is 0 Å². The van der Waals surface area contributed by atoms with Crippen LogP contribution in [0.5, 0.6) is 0 Å². The van der Waals surface area contributed by atoms with Crippen LogP contribution in [0.25, 0.3) is 0 Å². The molecule has 0 radical (unpaired) electrons. The van der Waals surface area contributed by atoms with Gasteiger partial charge in [0.05, 0.1) is 6.67 Å². The lowest BCUT2D eigenvalue weighted by Crippen LogP contribution is -2.56. The number of hydrogen-bond acceptors (Lipinski definition) is 2. The zero-order valence-corrected chi connectivity index (χ0v) is 8.77. The van der Waals surface area contributed by atoms with Crippen molar-refractivity contribution in [3.8, 4) is 0 Å². The van der Waals surface area contributed by atoms with E-state index in [2.05, 4.69) is 24.3 Å². The Bertz CT molecular complexity index is 144. The molecule has 1 saturated carbocycles. The minimum Gasteiger partial charge on any atom is -0.315 e. The van der Waals surface area contributed by atoms with Gasteiger partial charge in [-0.3, -0.25) is 4.39 Å². The summed E-state index contributed by atoms with van der Waals surface area (Å²) >= 11 is 0. The van der Waals surface area contributed by atoms with E-state index in [1.807, 2.05) is 0 Å². The van der Waals surface area contributed by atoms with Crippen molar-refractivity contribution < 1.29 is 4.39 Å². The molecule has 0 amide bonds. The van der Waals surface area contributed by atoms with E-state index in [0.29, 0.717) is 12.0 Å². The van der Waals surface area contributed by atoms with Gasteiger partial charge in [-0.05, 0) is 46.3 Å². The average molecular weight is 188 g/mol. The van der Waals surface area contributed by atoms with Crippen LogP contribution in [-0.2, 0) is 0 Å². The predicted octanol–water partition coefficient (Wildman–Crippen LogP) is 1.42. The highest BCUT2D eigenvalue weighted by molar-refractivity contribution is 4.97. The summed E-state index contributed by atoms with van der Waals surface area (Å²) in [6.07, 6.45) is 4.54. The van der Waals surface area contributed by atoms with Gasteiger partial charge in [-0.15, -0.1) is 0 Å². The fourth-order valence-corrected chi connectivity index (χ4v) is 1.88. The topological polar surface area (TPSA) is 15.3 Å². The van der Waals surface area contributed by atoms with E-state index >= 15 is 0 Å². The molecule has 0 saturated heterocycles. The summed E-state index contributed by atoms with van der Waals surface area (Å²) < 4.78 is 11.8. The molecule has 0 bridgehead atoms. The van der Waals surface area contributed by atoms with Gasteiger partial charge in [-0.25, -0.2) is 0 Å². The minimum absolute atomic E-state index is 0.206. The summed E-state index contributed by atoms with van der Waals surface area (Å²) in [6, 6.07) is 0. The van der Waals surface area contributed by atoms with Gasteiger partial charge in [-0.2, -0.15) is 0 Å². The lowest BCUT2D eigenvalue weighted by Gasteiger charge is -2.47.